The molecule has 0 aliphatic heterocycles. The maximum atomic E-state index is 9.58. The summed E-state index contributed by atoms with van der Waals surface area (Å²) >= 11 is 0. The summed E-state index contributed by atoms with van der Waals surface area (Å²) in [6.45, 7) is 4.16. The Morgan fingerprint density at radius 2 is 2.00 bits per heavy atom. The molecule has 2 heteroatoms. The van der Waals surface area contributed by atoms with Crippen LogP contribution in [0.4, 0.5) is 0 Å². The summed E-state index contributed by atoms with van der Waals surface area (Å²) in [4.78, 5) is 0. The van der Waals surface area contributed by atoms with Crippen molar-refractivity contribution in [3.63, 3.8) is 0 Å². The van der Waals surface area contributed by atoms with Crippen LogP contribution >= 0.6 is 0 Å². The van der Waals surface area contributed by atoms with E-state index in [1.54, 1.807) is 13.4 Å². The number of nitriles is 1. The van der Waals surface area contributed by atoms with Gasteiger partial charge in [0.25, 0.3) is 0 Å². The highest BCUT2D eigenvalue weighted by atomic mass is 16.5. The largest absolute Gasteiger partial charge is 0.505 e. The Kier molecular flexibility index (Phi) is 4.78. The summed E-state index contributed by atoms with van der Waals surface area (Å²) in [5.74, 6) is 0.247. The molecule has 17 heavy (non-hydrogen) atoms. The Morgan fingerprint density at radius 3 is 2.47 bits per heavy atom. The van der Waals surface area contributed by atoms with Gasteiger partial charge in [0, 0.05) is 0 Å². The van der Waals surface area contributed by atoms with Gasteiger partial charge in [-0.15, -0.1) is 0 Å². The fraction of sp³-hybridized carbons (Fsp3) is 0.400. The summed E-state index contributed by atoms with van der Waals surface area (Å²) in [5, 5.41) is 9.58. The molecule has 0 amide bonds. The second kappa shape index (κ2) is 6.10. The van der Waals surface area contributed by atoms with Crippen molar-refractivity contribution in [2.45, 2.75) is 25.7 Å². The maximum Gasteiger partial charge on any atom is 0.0880 e. The average molecular weight is 229 g/mol. The molecule has 0 fully saturated rings. The van der Waals surface area contributed by atoms with Gasteiger partial charge in [-0.25, -0.2) is 0 Å². The van der Waals surface area contributed by atoms with Crippen molar-refractivity contribution in [3.05, 3.63) is 48.2 Å². The number of methoxy groups -OCH3 is 1. The van der Waals surface area contributed by atoms with Gasteiger partial charge in [0.15, 0.2) is 0 Å². The SMILES string of the molecule is COC=CCC(C#N)(c1ccccc1)C(C)C. The lowest BCUT2D eigenvalue weighted by atomic mass is 9.70. The predicted octanol–water partition coefficient (Wildman–Crippen LogP) is 3.65. The third-order valence-corrected chi connectivity index (χ3v) is 3.15. The lowest BCUT2D eigenvalue weighted by Crippen LogP contribution is -2.30. The number of rotatable bonds is 5. The molecule has 0 aromatic heterocycles. The smallest absolute Gasteiger partial charge is 0.0880 e. The molecule has 0 spiro atoms. The van der Waals surface area contributed by atoms with Gasteiger partial charge in [0.2, 0.25) is 0 Å². The highest BCUT2D eigenvalue weighted by Crippen LogP contribution is 2.35. The first-order valence-corrected chi connectivity index (χ1v) is 5.82. The minimum absolute atomic E-state index is 0.247. The normalized spacial score (nSPS) is 14.5. The van der Waals surface area contributed by atoms with E-state index in [1.165, 1.54) is 0 Å². The molecule has 1 rings (SSSR count). The standard InChI is InChI=1S/C15H19NO/c1-13(2)15(12-16,10-7-11-17-3)14-8-5-4-6-9-14/h4-9,11,13H,10H2,1-3H3. The topological polar surface area (TPSA) is 33.0 Å². The molecule has 0 radical (unpaired) electrons. The van der Waals surface area contributed by atoms with Crippen molar-refractivity contribution < 1.29 is 4.74 Å². The first kappa shape index (κ1) is 13.3. The molecular weight excluding hydrogens is 210 g/mol. The Bertz CT molecular complexity index is 403. The average Bonchev–Trinajstić information content (AvgIpc) is 2.36. The highest BCUT2D eigenvalue weighted by molar-refractivity contribution is 5.34. The lowest BCUT2D eigenvalue weighted by molar-refractivity contribution is 0.331. The summed E-state index contributed by atoms with van der Waals surface area (Å²) in [7, 11) is 1.61. The van der Waals surface area contributed by atoms with Crippen LogP contribution in [-0.2, 0) is 10.2 Å². The molecule has 1 aromatic rings. The zero-order valence-corrected chi connectivity index (χ0v) is 10.7. The first-order chi connectivity index (χ1) is 8.17. The van der Waals surface area contributed by atoms with Crippen molar-refractivity contribution >= 4 is 0 Å². The van der Waals surface area contributed by atoms with Gasteiger partial charge in [0.1, 0.15) is 0 Å². The van der Waals surface area contributed by atoms with E-state index in [4.69, 9.17) is 4.74 Å². The predicted molar refractivity (Wildman–Crippen MR) is 69.3 cm³/mol. The minimum Gasteiger partial charge on any atom is -0.505 e. The van der Waals surface area contributed by atoms with Gasteiger partial charge in [-0.1, -0.05) is 44.2 Å². The molecule has 0 heterocycles. The molecule has 1 aromatic carbocycles. The third-order valence-electron chi connectivity index (χ3n) is 3.15. The van der Waals surface area contributed by atoms with E-state index in [-0.39, 0.29) is 5.92 Å². The molecule has 0 aliphatic rings. The lowest BCUT2D eigenvalue weighted by Gasteiger charge is -2.30. The van der Waals surface area contributed by atoms with Crippen LogP contribution < -0.4 is 0 Å². The number of benzene rings is 1. The van der Waals surface area contributed by atoms with Crippen LogP contribution in [0.25, 0.3) is 0 Å². The Morgan fingerprint density at radius 1 is 1.35 bits per heavy atom. The van der Waals surface area contributed by atoms with Gasteiger partial charge < -0.3 is 4.74 Å². The molecule has 0 bridgehead atoms. The summed E-state index contributed by atoms with van der Waals surface area (Å²) < 4.78 is 4.91. The van der Waals surface area contributed by atoms with Gasteiger partial charge in [-0.3, -0.25) is 0 Å². The van der Waals surface area contributed by atoms with Crippen LogP contribution in [0.5, 0.6) is 0 Å². The fourth-order valence-electron chi connectivity index (χ4n) is 1.99. The number of hydrogen-bond acceptors (Lipinski definition) is 2. The van der Waals surface area contributed by atoms with Crippen LogP contribution in [0.15, 0.2) is 42.7 Å². The molecule has 0 saturated carbocycles. The first-order valence-electron chi connectivity index (χ1n) is 5.82. The minimum atomic E-state index is -0.476. The summed E-state index contributed by atoms with van der Waals surface area (Å²) in [6.07, 6.45) is 4.21. The fourth-order valence-corrected chi connectivity index (χ4v) is 1.99. The van der Waals surface area contributed by atoms with Gasteiger partial charge >= 0.3 is 0 Å². The molecular formula is C15H19NO. The van der Waals surface area contributed by atoms with Crippen molar-refractivity contribution in [1.29, 1.82) is 5.26 Å². The second-order valence-corrected chi connectivity index (χ2v) is 4.42. The number of ether oxygens (including phenoxy) is 1. The van der Waals surface area contributed by atoms with Crippen molar-refractivity contribution in [2.75, 3.05) is 7.11 Å². The Hall–Kier alpha value is -1.75. The third kappa shape index (κ3) is 2.88. The van der Waals surface area contributed by atoms with Crippen LogP contribution in [0, 0.1) is 17.2 Å². The number of allylic oxidation sites excluding steroid dienone is 1. The Balaban J connectivity index is 3.11. The van der Waals surface area contributed by atoms with E-state index in [9.17, 15) is 5.26 Å². The molecule has 2 nitrogen and oxygen atoms in total. The van der Waals surface area contributed by atoms with Crippen LogP contribution in [-0.4, -0.2) is 7.11 Å². The van der Waals surface area contributed by atoms with E-state index >= 15 is 0 Å². The summed E-state index contributed by atoms with van der Waals surface area (Å²) in [6, 6.07) is 12.4. The maximum absolute atomic E-state index is 9.58. The number of nitrogens with zero attached hydrogens (tertiary/aromatic N) is 1. The molecule has 1 atom stereocenters. The van der Waals surface area contributed by atoms with Gasteiger partial charge in [-0.2, -0.15) is 5.26 Å². The van der Waals surface area contributed by atoms with Crippen molar-refractivity contribution in [3.8, 4) is 6.07 Å². The van der Waals surface area contributed by atoms with Crippen LogP contribution in [0.3, 0.4) is 0 Å². The zero-order chi connectivity index (χ0) is 12.7. The van der Waals surface area contributed by atoms with Crippen molar-refractivity contribution in [1.82, 2.24) is 0 Å². The van der Waals surface area contributed by atoms with E-state index in [1.807, 2.05) is 36.4 Å². The molecule has 0 aliphatic carbocycles. The highest BCUT2D eigenvalue weighted by Gasteiger charge is 2.34. The molecule has 0 N–H and O–H groups in total. The second-order valence-electron chi connectivity index (χ2n) is 4.42. The molecule has 1 unspecified atom stereocenters. The van der Waals surface area contributed by atoms with Crippen LogP contribution in [0.1, 0.15) is 25.8 Å². The Labute approximate surface area is 104 Å². The van der Waals surface area contributed by atoms with E-state index in [0.29, 0.717) is 6.42 Å². The zero-order valence-electron chi connectivity index (χ0n) is 10.7. The van der Waals surface area contributed by atoms with Crippen LogP contribution in [0.2, 0.25) is 0 Å². The van der Waals surface area contributed by atoms with E-state index in [0.717, 1.165) is 5.56 Å². The van der Waals surface area contributed by atoms with E-state index in [2.05, 4.69) is 19.9 Å². The van der Waals surface area contributed by atoms with Gasteiger partial charge in [-0.05, 0) is 24.0 Å². The summed E-state index contributed by atoms with van der Waals surface area (Å²) in [5.41, 5.74) is 0.592. The van der Waals surface area contributed by atoms with Gasteiger partial charge in [0.05, 0.1) is 24.9 Å². The van der Waals surface area contributed by atoms with Crippen molar-refractivity contribution in [2.24, 2.45) is 5.92 Å². The van der Waals surface area contributed by atoms with E-state index < -0.39 is 5.41 Å². The number of hydrogen-bond donors (Lipinski definition) is 0. The molecule has 0 saturated heterocycles. The molecule has 90 valence electrons. The quantitative estimate of drug-likeness (QED) is 0.722. The monoisotopic (exact) mass is 229 g/mol.